The molecule has 19 nitrogen and oxygen atoms in total. The van der Waals surface area contributed by atoms with E-state index in [0.717, 1.165) is 93.1 Å². The molecule has 5 aliphatic heterocycles. The lowest BCUT2D eigenvalue weighted by Gasteiger charge is -2.48. The van der Waals surface area contributed by atoms with Crippen LogP contribution in [-0.2, 0) is 29.4 Å². The van der Waals surface area contributed by atoms with Crippen molar-refractivity contribution in [3.63, 3.8) is 0 Å². The number of likely N-dealkylation sites (tertiary alicyclic amines) is 3. The topological polar surface area (TPSA) is 206 Å². The number of nitrogens with zero attached hydrogens (tertiary/aromatic N) is 9. The van der Waals surface area contributed by atoms with Gasteiger partial charge in [-0.1, -0.05) is 30.7 Å². The summed E-state index contributed by atoms with van der Waals surface area (Å²) >= 11 is 0. The van der Waals surface area contributed by atoms with E-state index in [2.05, 4.69) is 61.5 Å². The Hall–Kier alpha value is -7.58. The zero-order chi connectivity index (χ0) is 62.1. The number of aryl methyl sites for hydroxylation is 2. The van der Waals surface area contributed by atoms with Gasteiger partial charge in [0.15, 0.2) is 5.82 Å². The molecule has 1 spiro atoms. The average Bonchev–Trinajstić information content (AvgIpc) is 1.58. The maximum atomic E-state index is 16.0. The minimum atomic E-state index is -1.12. The smallest absolute Gasteiger partial charge is 0.263 e. The monoisotopic (exact) mass is 1200 g/mol. The van der Waals surface area contributed by atoms with Crippen LogP contribution in [0.3, 0.4) is 0 Å². The first-order chi connectivity index (χ1) is 42.4. The number of fused-ring (bicyclic) bond motifs is 3. The fraction of sp³-hybridized carbons (Fsp3) is 0.544. The van der Waals surface area contributed by atoms with Gasteiger partial charge < -0.3 is 49.8 Å². The molecule has 4 saturated heterocycles. The molecule has 7 heterocycles. The number of anilines is 4. The van der Waals surface area contributed by atoms with E-state index < -0.39 is 29.1 Å². The Kier molecular flexibility index (Phi) is 18.5. The third-order valence-electron chi connectivity index (χ3n) is 19.8. The number of hydrogen-bond donors (Lipinski definition) is 3. The van der Waals surface area contributed by atoms with Crippen LogP contribution in [0.5, 0.6) is 0 Å². The van der Waals surface area contributed by atoms with Gasteiger partial charge in [-0.05, 0) is 184 Å². The summed E-state index contributed by atoms with van der Waals surface area (Å²) in [6, 6.07) is 16.0. The predicted molar refractivity (Wildman–Crippen MR) is 338 cm³/mol. The van der Waals surface area contributed by atoms with Gasteiger partial charge in [-0.3, -0.25) is 33.7 Å². The number of carbonyl (C=O) groups is 7. The zero-order valence-corrected chi connectivity index (χ0v) is 52.3. The molecule has 0 radical (unpaired) electrons. The van der Waals surface area contributed by atoms with E-state index in [1.54, 1.807) is 19.3 Å². The minimum absolute atomic E-state index is 0.00876. The first-order valence-electron chi connectivity index (χ1n) is 32.2. The highest BCUT2D eigenvalue weighted by atomic mass is 19.1. The summed E-state index contributed by atoms with van der Waals surface area (Å²) in [6.45, 7) is 18.6. The maximum absolute atomic E-state index is 16.0. The normalized spacial score (nSPS) is 21.6. The molecule has 5 aromatic rings. The van der Waals surface area contributed by atoms with E-state index >= 15 is 9.18 Å². The quantitative estimate of drug-likeness (QED) is 0.0624. The van der Waals surface area contributed by atoms with E-state index in [1.807, 2.05) is 60.6 Å². The van der Waals surface area contributed by atoms with Crippen LogP contribution in [0.1, 0.15) is 155 Å². The number of benzene rings is 3. The molecule has 6 amide bonds. The second kappa shape index (κ2) is 26.2. The number of likely N-dealkylation sites (N-methyl/N-ethyl adjacent to an activating group) is 1. The van der Waals surface area contributed by atoms with Crippen LogP contribution in [-0.4, -0.2) is 166 Å². The van der Waals surface area contributed by atoms with Gasteiger partial charge in [-0.25, -0.2) is 14.4 Å². The van der Waals surface area contributed by atoms with Crippen LogP contribution in [0.4, 0.5) is 27.3 Å². The molecular formula is C68H87FN12O7. The highest BCUT2D eigenvalue weighted by Crippen LogP contribution is 2.52. The Morgan fingerprint density at radius 1 is 0.841 bits per heavy atom. The Labute approximate surface area is 516 Å². The molecule has 3 atom stereocenters. The summed E-state index contributed by atoms with van der Waals surface area (Å²) in [5.74, 6) is -0.757. The summed E-state index contributed by atoms with van der Waals surface area (Å²) in [6.07, 6.45) is 12.7. The molecule has 1 aliphatic carbocycles. The number of aromatic nitrogens is 3. The second-order valence-corrected chi connectivity index (χ2v) is 26.3. The molecule has 468 valence electrons. The highest BCUT2D eigenvalue weighted by Gasteiger charge is 2.56. The van der Waals surface area contributed by atoms with E-state index in [1.165, 1.54) is 32.4 Å². The lowest BCUT2D eigenvalue weighted by atomic mass is 9.73. The molecule has 3 N–H and O–H groups in total. The van der Waals surface area contributed by atoms with Gasteiger partial charge in [0.05, 0.1) is 34.2 Å². The fourth-order valence-corrected chi connectivity index (χ4v) is 15.1. The van der Waals surface area contributed by atoms with Gasteiger partial charge >= 0.3 is 0 Å². The zero-order valence-electron chi connectivity index (χ0n) is 52.3. The number of hydrogen-bond acceptors (Lipinski definition) is 13. The Morgan fingerprint density at radius 2 is 1.61 bits per heavy atom. The molecule has 3 aromatic carbocycles. The number of amides is 6. The van der Waals surface area contributed by atoms with Gasteiger partial charge in [0.2, 0.25) is 24.1 Å². The number of halogens is 1. The Bertz CT molecular complexity index is 3470. The van der Waals surface area contributed by atoms with E-state index in [0.29, 0.717) is 114 Å². The van der Waals surface area contributed by atoms with Gasteiger partial charge in [0.1, 0.15) is 23.7 Å². The van der Waals surface area contributed by atoms with Gasteiger partial charge in [-0.2, -0.15) is 0 Å². The fourth-order valence-electron chi connectivity index (χ4n) is 15.1. The van der Waals surface area contributed by atoms with Crippen molar-refractivity contribution in [3.8, 4) is 11.3 Å². The Balaban J connectivity index is 0.785. The SMILES string of the molecule is CNC(=O)C(CCC=O)N(C=O)C(=O)c1c(C)cccc1N1CCC(CN2CCCC(CC(=O)N3CCC4(CC3)C(=O)N(C3CC(N5CCCCC5)C3)c3cc(-c5cc6ncn(C(C)C)c6c(Nc6cc(C(=O)NC(C)C)c(C)cc6F)n5)ccc34)C2)C1. The van der Waals surface area contributed by atoms with E-state index in [-0.39, 0.29) is 60.3 Å². The standard InChI is InChI=1S/C68H87FN12O7/c1-42(2)72-64(85)51-35-55(53(69)30-45(51)6)74-63-62-56(71-40-79(62)43(3)4)36-54(73-63)48-18-19-52-59(32-48)81(50-33-49(34-50)76-24-9-8-10-25-76)67(88)68(52)21-27-77(28-22-68)60(84)31-46-15-12-23-75(37-46)38-47-20-26-78(39-47)57-16-11-14-44(5)61(57)66(87)80(41-83)58(17-13-29-82)65(86)70-7/h11,14,16,18-19,29-30,32,35-36,40-43,46-47,49-50,58H,8-10,12-13,15,17,20-28,31,33-34,37-39H2,1-7H3,(H,70,86)(H,72,85)(H,73,74). The molecule has 0 bridgehead atoms. The summed E-state index contributed by atoms with van der Waals surface area (Å²) in [5.41, 5.74) is 6.63. The molecule has 1 saturated carbocycles. The van der Waals surface area contributed by atoms with Crippen molar-refractivity contribution in [1.82, 2.24) is 44.8 Å². The number of piperidine rings is 3. The van der Waals surface area contributed by atoms with Crippen molar-refractivity contribution in [3.05, 3.63) is 94.6 Å². The van der Waals surface area contributed by atoms with Crippen molar-refractivity contribution in [1.29, 1.82) is 0 Å². The molecule has 3 unspecified atom stereocenters. The first kappa shape index (κ1) is 62.0. The molecule has 11 rings (SSSR count). The van der Waals surface area contributed by atoms with Crippen molar-refractivity contribution >= 4 is 76.1 Å². The van der Waals surface area contributed by atoms with Crippen molar-refractivity contribution < 1.29 is 38.0 Å². The number of imidazole rings is 1. The molecular weight excluding hydrogens is 1120 g/mol. The first-order valence-corrected chi connectivity index (χ1v) is 32.2. The molecule has 2 aromatic heterocycles. The molecule has 5 fully saturated rings. The maximum Gasteiger partial charge on any atom is 0.263 e. The summed E-state index contributed by atoms with van der Waals surface area (Å²) in [5, 5.41) is 8.75. The van der Waals surface area contributed by atoms with E-state index in [9.17, 15) is 28.8 Å². The predicted octanol–water partition coefficient (Wildman–Crippen LogP) is 8.86. The molecule has 6 aliphatic rings. The van der Waals surface area contributed by atoms with Crippen molar-refractivity contribution in [2.75, 3.05) is 81.1 Å². The minimum Gasteiger partial charge on any atom is -0.371 e. The second-order valence-electron chi connectivity index (χ2n) is 26.3. The summed E-state index contributed by atoms with van der Waals surface area (Å²) < 4.78 is 18.0. The summed E-state index contributed by atoms with van der Waals surface area (Å²) in [7, 11) is 1.44. The van der Waals surface area contributed by atoms with Crippen LogP contribution in [0.2, 0.25) is 0 Å². The number of aldehydes is 1. The van der Waals surface area contributed by atoms with Crippen LogP contribution < -0.4 is 25.8 Å². The summed E-state index contributed by atoms with van der Waals surface area (Å²) in [4.78, 5) is 116. The number of nitrogens with one attached hydrogen (secondary N) is 3. The third-order valence-corrected chi connectivity index (χ3v) is 19.8. The van der Waals surface area contributed by atoms with Gasteiger partial charge in [-0.15, -0.1) is 0 Å². The Morgan fingerprint density at radius 3 is 2.33 bits per heavy atom. The average molecular weight is 1200 g/mol. The molecule has 20 heteroatoms. The highest BCUT2D eigenvalue weighted by molar-refractivity contribution is 6.10. The number of imide groups is 1. The van der Waals surface area contributed by atoms with Crippen LogP contribution in [0.25, 0.3) is 22.3 Å². The number of rotatable bonds is 20. The number of pyridine rings is 1. The largest absolute Gasteiger partial charge is 0.371 e. The lowest BCUT2D eigenvalue weighted by Crippen LogP contribution is -2.58. The van der Waals surface area contributed by atoms with Gasteiger partial charge in [0, 0.05) is 106 Å². The van der Waals surface area contributed by atoms with Crippen LogP contribution in [0.15, 0.2) is 60.9 Å². The lowest BCUT2D eigenvalue weighted by molar-refractivity contribution is -0.137. The van der Waals surface area contributed by atoms with Crippen LogP contribution >= 0.6 is 0 Å². The molecule has 88 heavy (non-hydrogen) atoms. The van der Waals surface area contributed by atoms with Crippen LogP contribution in [0, 0.1) is 31.5 Å². The van der Waals surface area contributed by atoms with Crippen molar-refractivity contribution in [2.24, 2.45) is 11.8 Å². The van der Waals surface area contributed by atoms with E-state index in [4.69, 9.17) is 9.97 Å². The van der Waals surface area contributed by atoms with Gasteiger partial charge in [0.25, 0.3) is 11.8 Å². The third kappa shape index (κ3) is 12.3. The number of carbonyl (C=O) groups excluding carboxylic acids is 7. The van der Waals surface area contributed by atoms with Crippen molar-refractivity contribution in [2.45, 2.75) is 161 Å².